The summed E-state index contributed by atoms with van der Waals surface area (Å²) in [5.74, 6) is -0.832. The molecule has 3 heterocycles. The zero-order valence-electron chi connectivity index (χ0n) is 23.4. The largest absolute Gasteiger partial charge is 0.368 e. The second-order valence-corrected chi connectivity index (χ2v) is 10.8. The number of amides is 2. The van der Waals surface area contributed by atoms with E-state index in [0.717, 1.165) is 16.7 Å². The Kier molecular flexibility index (Phi) is 7.84. The zero-order chi connectivity index (χ0) is 29.2. The van der Waals surface area contributed by atoms with Gasteiger partial charge in [0.05, 0.1) is 30.9 Å². The van der Waals surface area contributed by atoms with E-state index in [1.807, 2.05) is 91.0 Å². The molecule has 2 saturated heterocycles. The molecule has 4 aromatic carbocycles. The van der Waals surface area contributed by atoms with Crippen LogP contribution in [-0.2, 0) is 36.9 Å². The van der Waals surface area contributed by atoms with Crippen LogP contribution in [0.2, 0.25) is 0 Å². The summed E-state index contributed by atoms with van der Waals surface area (Å²) in [7, 11) is 0. The van der Waals surface area contributed by atoms with Crippen molar-refractivity contribution in [3.05, 3.63) is 143 Å². The highest BCUT2D eigenvalue weighted by molar-refractivity contribution is 6.21. The van der Waals surface area contributed by atoms with Gasteiger partial charge in [0.25, 0.3) is 11.8 Å². The molecule has 2 amide bonds. The second kappa shape index (κ2) is 12.2. The van der Waals surface area contributed by atoms with Gasteiger partial charge in [-0.05, 0) is 23.3 Å². The molecule has 43 heavy (non-hydrogen) atoms. The topological polar surface area (TPSA) is 83.5 Å². The van der Waals surface area contributed by atoms with E-state index in [2.05, 4.69) is 0 Å². The first-order valence-corrected chi connectivity index (χ1v) is 14.4. The zero-order valence-corrected chi connectivity index (χ0v) is 23.4. The Morgan fingerprint density at radius 2 is 1.19 bits per heavy atom. The number of carbonyl (C=O) groups is 2. The van der Waals surface area contributed by atoms with Crippen molar-refractivity contribution in [2.24, 2.45) is 0 Å². The molecule has 0 spiro atoms. The van der Waals surface area contributed by atoms with Gasteiger partial charge in [0, 0.05) is 5.56 Å². The average Bonchev–Trinajstić information content (AvgIpc) is 3.32. The Morgan fingerprint density at radius 3 is 1.79 bits per heavy atom. The molecule has 7 rings (SSSR count). The molecule has 0 saturated carbocycles. The molecule has 6 atom stereocenters. The molecule has 218 valence electrons. The minimum atomic E-state index is -0.995. The smallest absolute Gasteiger partial charge is 0.262 e. The third kappa shape index (κ3) is 5.51. The number of hydrogen-bond acceptors (Lipinski definition) is 7. The van der Waals surface area contributed by atoms with E-state index in [9.17, 15) is 9.59 Å². The monoisotopic (exact) mass is 577 g/mol. The first-order valence-electron chi connectivity index (χ1n) is 14.4. The van der Waals surface area contributed by atoms with Crippen LogP contribution in [0.3, 0.4) is 0 Å². The van der Waals surface area contributed by atoms with Crippen LogP contribution in [0.4, 0.5) is 0 Å². The van der Waals surface area contributed by atoms with Gasteiger partial charge in [-0.15, -0.1) is 0 Å². The maximum Gasteiger partial charge on any atom is 0.262 e. The molecule has 3 aliphatic heterocycles. The van der Waals surface area contributed by atoms with E-state index in [1.54, 1.807) is 24.3 Å². The standard InChI is InChI=1S/C35H31NO7/c37-32-26-18-10-11-19-27(26)33(38)36(32)29-31(39-20-23-12-4-1-5-13-23)30-28(22-41-34(43-30)25-16-8-3-9-17-25)42-35(29)40-21-24-14-6-2-7-15-24/h1-19,28-31,34-35H,20-22H2/t28-,29+,30+,31+,34+,35+/m0/s1. The normalized spacial score (nSPS) is 26.7. The lowest BCUT2D eigenvalue weighted by Crippen LogP contribution is -2.68. The molecule has 0 radical (unpaired) electrons. The number of fused-ring (bicyclic) bond motifs is 2. The fourth-order valence-electron chi connectivity index (χ4n) is 5.94. The second-order valence-electron chi connectivity index (χ2n) is 10.8. The fraction of sp³-hybridized carbons (Fsp3) is 0.257. The van der Waals surface area contributed by atoms with Gasteiger partial charge < -0.3 is 23.7 Å². The number of hydrogen-bond donors (Lipinski definition) is 0. The summed E-state index contributed by atoms with van der Waals surface area (Å²) in [6, 6.07) is 35.0. The number of rotatable bonds is 8. The van der Waals surface area contributed by atoms with Crippen molar-refractivity contribution >= 4 is 11.8 Å². The van der Waals surface area contributed by atoms with E-state index in [0.29, 0.717) is 11.1 Å². The lowest BCUT2D eigenvalue weighted by Gasteiger charge is -2.50. The molecule has 2 fully saturated rings. The molecule has 8 heteroatoms. The lowest BCUT2D eigenvalue weighted by atomic mass is 9.94. The number of nitrogens with zero attached hydrogens (tertiary/aromatic N) is 1. The van der Waals surface area contributed by atoms with Gasteiger partial charge in [-0.3, -0.25) is 14.5 Å². The Labute approximate surface area is 249 Å². The van der Waals surface area contributed by atoms with Gasteiger partial charge in [-0.2, -0.15) is 0 Å². The summed E-state index contributed by atoms with van der Waals surface area (Å²) in [5.41, 5.74) is 3.40. The van der Waals surface area contributed by atoms with Crippen LogP contribution >= 0.6 is 0 Å². The van der Waals surface area contributed by atoms with E-state index >= 15 is 0 Å². The minimum Gasteiger partial charge on any atom is -0.368 e. The van der Waals surface area contributed by atoms with Crippen LogP contribution in [0.1, 0.15) is 43.7 Å². The Hall–Kier alpha value is -4.18. The van der Waals surface area contributed by atoms with Crippen molar-refractivity contribution in [2.45, 2.75) is 50.1 Å². The van der Waals surface area contributed by atoms with Crippen LogP contribution in [0.15, 0.2) is 115 Å². The van der Waals surface area contributed by atoms with Crippen LogP contribution < -0.4 is 0 Å². The molecule has 4 aromatic rings. The predicted octanol–water partition coefficient (Wildman–Crippen LogP) is 5.29. The average molecular weight is 578 g/mol. The molecule has 0 bridgehead atoms. The summed E-state index contributed by atoms with van der Waals surface area (Å²) >= 11 is 0. The number of benzene rings is 4. The third-order valence-corrected chi connectivity index (χ3v) is 8.04. The van der Waals surface area contributed by atoms with Crippen molar-refractivity contribution in [1.29, 1.82) is 0 Å². The van der Waals surface area contributed by atoms with E-state index in [1.165, 1.54) is 4.90 Å². The van der Waals surface area contributed by atoms with Gasteiger partial charge >= 0.3 is 0 Å². The Morgan fingerprint density at radius 1 is 0.651 bits per heavy atom. The van der Waals surface area contributed by atoms with E-state index < -0.39 is 48.7 Å². The number of ether oxygens (including phenoxy) is 5. The predicted molar refractivity (Wildman–Crippen MR) is 156 cm³/mol. The maximum atomic E-state index is 13.9. The third-order valence-electron chi connectivity index (χ3n) is 8.04. The quantitative estimate of drug-likeness (QED) is 0.263. The van der Waals surface area contributed by atoms with Crippen molar-refractivity contribution in [2.75, 3.05) is 6.61 Å². The van der Waals surface area contributed by atoms with Gasteiger partial charge in [-0.1, -0.05) is 103 Å². The van der Waals surface area contributed by atoms with Gasteiger partial charge in [0.15, 0.2) is 12.6 Å². The summed E-state index contributed by atoms with van der Waals surface area (Å²) in [6.07, 6.45) is -3.66. The fourth-order valence-corrected chi connectivity index (χ4v) is 5.94. The van der Waals surface area contributed by atoms with E-state index in [4.69, 9.17) is 23.7 Å². The van der Waals surface area contributed by atoms with Gasteiger partial charge in [0.1, 0.15) is 24.4 Å². The summed E-state index contributed by atoms with van der Waals surface area (Å²) in [6.45, 7) is 0.664. The molecule has 0 aliphatic carbocycles. The highest BCUT2D eigenvalue weighted by Gasteiger charge is 2.57. The van der Waals surface area contributed by atoms with Gasteiger partial charge in [0.2, 0.25) is 0 Å². The van der Waals surface area contributed by atoms with Crippen LogP contribution in [0, 0.1) is 0 Å². The molecule has 8 nitrogen and oxygen atoms in total. The van der Waals surface area contributed by atoms with E-state index in [-0.39, 0.29) is 19.8 Å². The SMILES string of the molecule is O=C1c2ccccc2C(=O)N1[C@H]1[C@H](OCc2ccccc2)O[C@H]2CO[C@@H](c3ccccc3)O[C@H]2[C@@H]1OCc1ccccc1. The first kappa shape index (κ1) is 27.6. The summed E-state index contributed by atoms with van der Waals surface area (Å²) in [4.78, 5) is 29.0. The summed E-state index contributed by atoms with van der Waals surface area (Å²) in [5, 5.41) is 0. The summed E-state index contributed by atoms with van der Waals surface area (Å²) < 4.78 is 32.2. The highest BCUT2D eigenvalue weighted by Crippen LogP contribution is 2.40. The van der Waals surface area contributed by atoms with Crippen molar-refractivity contribution in [3.8, 4) is 0 Å². The highest BCUT2D eigenvalue weighted by atomic mass is 16.7. The molecule has 0 aromatic heterocycles. The van der Waals surface area contributed by atoms with Crippen molar-refractivity contribution in [3.63, 3.8) is 0 Å². The number of imide groups is 1. The first-order chi connectivity index (χ1) is 21.2. The minimum absolute atomic E-state index is 0.211. The van der Waals surface area contributed by atoms with Crippen LogP contribution in [0.5, 0.6) is 0 Å². The molecular weight excluding hydrogens is 546 g/mol. The maximum absolute atomic E-state index is 13.9. The van der Waals surface area contributed by atoms with Crippen LogP contribution in [0.25, 0.3) is 0 Å². The molecule has 3 aliphatic rings. The van der Waals surface area contributed by atoms with Crippen molar-refractivity contribution < 1.29 is 33.3 Å². The molecule has 0 N–H and O–H groups in total. The molecule has 0 unspecified atom stereocenters. The van der Waals surface area contributed by atoms with Gasteiger partial charge in [-0.25, -0.2) is 0 Å². The number of carbonyl (C=O) groups excluding carboxylic acids is 2. The van der Waals surface area contributed by atoms with Crippen molar-refractivity contribution in [1.82, 2.24) is 4.90 Å². The molecular formula is C35H31NO7. The Balaban J connectivity index is 1.26. The lowest BCUT2D eigenvalue weighted by molar-refractivity contribution is -0.355. The Bertz CT molecular complexity index is 1530. The van der Waals surface area contributed by atoms with Crippen LogP contribution in [-0.4, -0.2) is 54.0 Å².